The van der Waals surface area contributed by atoms with Crippen molar-refractivity contribution >= 4 is 11.6 Å². The average molecular weight is 254 g/mol. The molecule has 0 radical (unpaired) electrons. The highest BCUT2D eigenvalue weighted by Crippen LogP contribution is 2.22. The molecule has 0 saturated heterocycles. The molecule has 0 saturated carbocycles. The van der Waals surface area contributed by atoms with Crippen LogP contribution in [-0.2, 0) is 14.9 Å². The molecule has 0 bridgehead atoms. The minimum absolute atomic E-state index is 0.0466. The van der Waals surface area contributed by atoms with Crippen molar-refractivity contribution in [2.45, 2.75) is 33.1 Å². The molecular weight excluding hydrogens is 235 g/mol. The summed E-state index contributed by atoms with van der Waals surface area (Å²) in [5.41, 5.74) is 1.49. The number of carbonyl (C=O) groups excluding carboxylic acids is 1. The zero-order valence-corrected chi connectivity index (χ0v) is 11.2. The second-order valence-corrected chi connectivity index (χ2v) is 5.04. The number of anilines is 1. The van der Waals surface area contributed by atoms with E-state index in [0.717, 1.165) is 5.69 Å². The topological polar surface area (TPSA) is 42.4 Å². The van der Waals surface area contributed by atoms with Crippen LogP contribution in [0.5, 0.6) is 0 Å². The van der Waals surface area contributed by atoms with Gasteiger partial charge in [0.2, 0.25) is 5.91 Å². The summed E-state index contributed by atoms with van der Waals surface area (Å²) in [6.45, 7) is 6.55. The zero-order valence-electron chi connectivity index (χ0n) is 11.2. The lowest BCUT2D eigenvalue weighted by atomic mass is 9.92. The van der Waals surface area contributed by atoms with Crippen LogP contribution in [0.15, 0.2) is 18.3 Å². The molecule has 0 unspecified atom stereocenters. The molecule has 0 N–H and O–H groups in total. The number of halogens is 1. The number of hydrogen-bond donors (Lipinski definition) is 0. The van der Waals surface area contributed by atoms with E-state index in [1.807, 2.05) is 6.07 Å². The first kappa shape index (κ1) is 14.6. The summed E-state index contributed by atoms with van der Waals surface area (Å²) in [4.78, 5) is 17.1. The Balaban J connectivity index is 2.90. The van der Waals surface area contributed by atoms with Gasteiger partial charge in [-0.25, -0.2) is 4.39 Å². The predicted molar refractivity (Wildman–Crippen MR) is 68.0 cm³/mol. The molecule has 0 spiro atoms. The normalized spacial score (nSPS) is 11.4. The quantitative estimate of drug-likeness (QED) is 0.776. The van der Waals surface area contributed by atoms with Gasteiger partial charge in [-0.1, -0.05) is 20.8 Å². The molecule has 0 aromatic carbocycles. The number of pyridine rings is 1. The van der Waals surface area contributed by atoms with E-state index in [1.54, 1.807) is 12.3 Å². The van der Waals surface area contributed by atoms with E-state index in [4.69, 9.17) is 0 Å². The van der Waals surface area contributed by atoms with Crippen LogP contribution in [0.2, 0.25) is 0 Å². The fourth-order valence-corrected chi connectivity index (χ4v) is 1.46. The Morgan fingerprint density at radius 2 is 2.11 bits per heavy atom. The van der Waals surface area contributed by atoms with Crippen molar-refractivity contribution in [2.24, 2.45) is 0 Å². The molecule has 0 aliphatic heterocycles. The molecule has 100 valence electrons. The summed E-state index contributed by atoms with van der Waals surface area (Å²) in [6, 6.07) is 3.65. The van der Waals surface area contributed by atoms with Crippen molar-refractivity contribution in [2.75, 3.05) is 18.5 Å². The van der Waals surface area contributed by atoms with Crippen molar-refractivity contribution in [3.63, 3.8) is 0 Å². The zero-order chi connectivity index (χ0) is 13.8. The largest absolute Gasteiger partial charge is 0.330 e. The van der Waals surface area contributed by atoms with Gasteiger partial charge in [-0.2, -0.15) is 0 Å². The number of amides is 1. The number of ether oxygens (including phenoxy) is 1. The maximum absolute atomic E-state index is 12.0. The van der Waals surface area contributed by atoms with Gasteiger partial charge in [-0.15, -0.1) is 0 Å². The van der Waals surface area contributed by atoms with Gasteiger partial charge in [0.15, 0.2) is 6.86 Å². The number of aromatic nitrogens is 1. The minimum atomic E-state index is -0.919. The second-order valence-electron chi connectivity index (χ2n) is 5.04. The first-order valence-electron chi connectivity index (χ1n) is 5.74. The Kier molecular flexibility index (Phi) is 4.78. The van der Waals surface area contributed by atoms with Gasteiger partial charge in [-0.05, 0) is 12.1 Å². The van der Waals surface area contributed by atoms with Crippen LogP contribution in [0, 0.1) is 0 Å². The maximum Gasteiger partial charge on any atom is 0.225 e. The first-order chi connectivity index (χ1) is 8.36. The van der Waals surface area contributed by atoms with E-state index < -0.39 is 6.86 Å². The lowest BCUT2D eigenvalue weighted by Crippen LogP contribution is -2.31. The summed E-state index contributed by atoms with van der Waals surface area (Å²) >= 11 is 0. The molecule has 5 heteroatoms. The van der Waals surface area contributed by atoms with Crippen molar-refractivity contribution in [3.8, 4) is 0 Å². The molecule has 1 aromatic rings. The van der Waals surface area contributed by atoms with Gasteiger partial charge in [-0.3, -0.25) is 14.7 Å². The van der Waals surface area contributed by atoms with Crippen molar-refractivity contribution in [3.05, 3.63) is 24.0 Å². The molecule has 1 rings (SSSR count). The second kappa shape index (κ2) is 5.91. The van der Waals surface area contributed by atoms with Gasteiger partial charge in [0.05, 0.1) is 11.9 Å². The predicted octanol–water partition coefficient (Wildman–Crippen LogP) is 2.63. The highest BCUT2D eigenvalue weighted by Gasteiger charge is 2.17. The molecular formula is C13H19FN2O2. The third-order valence-electron chi connectivity index (χ3n) is 2.51. The van der Waals surface area contributed by atoms with Crippen molar-refractivity contribution < 1.29 is 13.9 Å². The highest BCUT2D eigenvalue weighted by atomic mass is 19.1. The van der Waals surface area contributed by atoms with Gasteiger partial charge in [0, 0.05) is 18.0 Å². The van der Waals surface area contributed by atoms with Gasteiger partial charge >= 0.3 is 0 Å². The number of hydrogen-bond acceptors (Lipinski definition) is 3. The van der Waals surface area contributed by atoms with Crippen molar-refractivity contribution in [1.29, 1.82) is 0 Å². The summed E-state index contributed by atoms with van der Waals surface area (Å²) in [7, 11) is 0. The summed E-state index contributed by atoms with van der Waals surface area (Å²) in [5, 5.41) is 0. The van der Waals surface area contributed by atoms with Crippen molar-refractivity contribution in [1.82, 2.24) is 4.98 Å². The first-order valence-corrected chi connectivity index (χ1v) is 5.74. The van der Waals surface area contributed by atoms with Crippen LogP contribution >= 0.6 is 0 Å². The van der Waals surface area contributed by atoms with Crippen LogP contribution in [0.3, 0.4) is 0 Å². The van der Waals surface area contributed by atoms with Gasteiger partial charge < -0.3 is 4.74 Å². The molecule has 0 aliphatic rings. The monoisotopic (exact) mass is 254 g/mol. The Hall–Kier alpha value is -1.49. The molecule has 1 amide bonds. The molecule has 0 aliphatic carbocycles. The summed E-state index contributed by atoms with van der Waals surface area (Å²) in [5.74, 6) is -0.214. The lowest BCUT2D eigenvalue weighted by molar-refractivity contribution is -0.118. The SMILES string of the molecule is CC(=O)N(COCF)c1ccc(C(C)(C)C)nc1. The van der Waals surface area contributed by atoms with E-state index in [2.05, 4.69) is 30.5 Å². The average Bonchev–Trinajstić information content (AvgIpc) is 2.28. The van der Waals surface area contributed by atoms with Gasteiger partial charge in [0.25, 0.3) is 0 Å². The Bertz CT molecular complexity index is 398. The minimum Gasteiger partial charge on any atom is -0.330 e. The third-order valence-corrected chi connectivity index (χ3v) is 2.51. The van der Waals surface area contributed by atoms with E-state index in [1.165, 1.54) is 11.8 Å². The summed E-state index contributed by atoms with van der Waals surface area (Å²) < 4.78 is 16.6. The standard InChI is InChI=1S/C13H19FN2O2/c1-10(17)16(9-18-8-14)11-5-6-12(15-7-11)13(2,3)4/h5-7H,8-9H2,1-4H3. The van der Waals surface area contributed by atoms with E-state index >= 15 is 0 Å². The van der Waals surface area contributed by atoms with E-state index in [-0.39, 0.29) is 18.1 Å². The fourth-order valence-electron chi connectivity index (χ4n) is 1.46. The smallest absolute Gasteiger partial charge is 0.225 e. The maximum atomic E-state index is 12.0. The number of nitrogens with zero attached hydrogens (tertiary/aromatic N) is 2. The third kappa shape index (κ3) is 3.77. The molecule has 4 nitrogen and oxygen atoms in total. The molecule has 1 heterocycles. The molecule has 1 aromatic heterocycles. The highest BCUT2D eigenvalue weighted by molar-refractivity contribution is 5.90. The van der Waals surface area contributed by atoms with Crippen LogP contribution in [0.1, 0.15) is 33.4 Å². The Morgan fingerprint density at radius 3 is 2.50 bits per heavy atom. The van der Waals surface area contributed by atoms with E-state index in [9.17, 15) is 9.18 Å². The Labute approximate surface area is 107 Å². The molecule has 0 fully saturated rings. The van der Waals surface area contributed by atoms with Gasteiger partial charge in [0.1, 0.15) is 6.73 Å². The van der Waals surface area contributed by atoms with E-state index in [0.29, 0.717) is 5.69 Å². The lowest BCUT2D eigenvalue weighted by Gasteiger charge is -2.22. The Morgan fingerprint density at radius 1 is 1.44 bits per heavy atom. The van der Waals surface area contributed by atoms with Crippen LogP contribution in [-0.4, -0.2) is 24.5 Å². The number of carbonyl (C=O) groups is 1. The van der Waals surface area contributed by atoms with Crippen LogP contribution in [0.25, 0.3) is 0 Å². The number of rotatable bonds is 4. The molecule has 0 atom stereocenters. The van der Waals surface area contributed by atoms with Crippen LogP contribution < -0.4 is 4.90 Å². The molecule has 18 heavy (non-hydrogen) atoms. The van der Waals surface area contributed by atoms with Crippen LogP contribution in [0.4, 0.5) is 10.1 Å². The number of alkyl halides is 1. The fraction of sp³-hybridized carbons (Fsp3) is 0.538. The summed E-state index contributed by atoms with van der Waals surface area (Å²) in [6.07, 6.45) is 1.60.